The van der Waals surface area contributed by atoms with Gasteiger partial charge in [0.05, 0.1) is 17.8 Å². The average Bonchev–Trinajstić information content (AvgIpc) is 3.03. The monoisotopic (exact) mass is 343 g/mol. The fourth-order valence-corrected chi connectivity index (χ4v) is 3.22. The summed E-state index contributed by atoms with van der Waals surface area (Å²) in [7, 11) is 1.49. The maximum atomic E-state index is 12.5. The first-order valence-corrected chi connectivity index (χ1v) is 8.21. The van der Waals surface area contributed by atoms with Crippen molar-refractivity contribution in [3.8, 4) is 0 Å². The number of fused-ring (bicyclic) bond motifs is 1. The maximum absolute atomic E-state index is 12.5. The summed E-state index contributed by atoms with van der Waals surface area (Å²) in [6.45, 7) is 2.16. The number of carbonyl (C=O) groups is 2. The van der Waals surface area contributed by atoms with Crippen LogP contribution in [0.5, 0.6) is 0 Å². The lowest BCUT2D eigenvalue weighted by Crippen LogP contribution is -2.39. The van der Waals surface area contributed by atoms with Crippen LogP contribution >= 0.6 is 0 Å². The molecule has 1 aliphatic carbocycles. The Bertz CT molecular complexity index is 710. The number of hydrogen-bond donors (Lipinski definition) is 1. The van der Waals surface area contributed by atoms with Gasteiger partial charge in [-0.15, -0.1) is 0 Å². The molecule has 1 N–H and O–H groups in total. The molecule has 0 fully saturated rings. The van der Waals surface area contributed by atoms with E-state index < -0.39 is 18.4 Å². The molecule has 0 radical (unpaired) electrons. The van der Waals surface area contributed by atoms with E-state index in [0.29, 0.717) is 12.0 Å². The van der Waals surface area contributed by atoms with Crippen LogP contribution in [0.4, 0.5) is 4.79 Å². The van der Waals surface area contributed by atoms with E-state index in [-0.39, 0.29) is 18.4 Å². The van der Waals surface area contributed by atoms with Gasteiger partial charge in [0.2, 0.25) is 0 Å². The number of esters is 1. The molecule has 1 amide bonds. The Morgan fingerprint density at radius 1 is 1.28 bits per heavy atom. The van der Waals surface area contributed by atoms with Crippen molar-refractivity contribution in [1.82, 2.24) is 5.32 Å². The number of rotatable bonds is 4. The minimum Gasteiger partial charge on any atom is -0.461 e. The van der Waals surface area contributed by atoms with Crippen molar-refractivity contribution < 1.29 is 23.8 Å². The molecule has 0 unspecified atom stereocenters. The van der Waals surface area contributed by atoms with Gasteiger partial charge in [0.15, 0.2) is 0 Å². The van der Waals surface area contributed by atoms with Gasteiger partial charge in [-0.25, -0.2) is 9.59 Å². The number of ether oxygens (including phenoxy) is 3. The van der Waals surface area contributed by atoms with Crippen LogP contribution in [0.15, 0.2) is 53.8 Å². The summed E-state index contributed by atoms with van der Waals surface area (Å²) in [6.07, 6.45) is 2.80. The van der Waals surface area contributed by atoms with E-state index in [1.807, 2.05) is 43.3 Å². The highest BCUT2D eigenvalue weighted by molar-refractivity contribution is 5.89. The van der Waals surface area contributed by atoms with Gasteiger partial charge in [0.1, 0.15) is 6.61 Å². The number of carbonyl (C=O) groups excluding carboxylic acids is 2. The molecule has 1 aliphatic heterocycles. The summed E-state index contributed by atoms with van der Waals surface area (Å²) in [5, 5.41) is 2.41. The predicted molar refractivity (Wildman–Crippen MR) is 90.1 cm³/mol. The molecule has 1 heterocycles. The smallest absolute Gasteiger partial charge is 0.409 e. The molecule has 0 bridgehead atoms. The van der Waals surface area contributed by atoms with E-state index >= 15 is 0 Å². The van der Waals surface area contributed by atoms with Crippen molar-refractivity contribution in [2.45, 2.75) is 26.2 Å². The van der Waals surface area contributed by atoms with E-state index in [0.717, 1.165) is 11.1 Å². The molecule has 6 nitrogen and oxygen atoms in total. The molecule has 2 aliphatic rings. The van der Waals surface area contributed by atoms with E-state index in [2.05, 4.69) is 5.32 Å². The lowest BCUT2D eigenvalue weighted by atomic mass is 9.84. The van der Waals surface area contributed by atoms with Crippen molar-refractivity contribution in [1.29, 1.82) is 0 Å². The Balaban J connectivity index is 1.69. The topological polar surface area (TPSA) is 73.9 Å². The molecule has 1 aromatic rings. The predicted octanol–water partition coefficient (Wildman–Crippen LogP) is 2.91. The minimum absolute atomic E-state index is 0.105. The molecular weight excluding hydrogens is 322 g/mol. The first-order chi connectivity index (χ1) is 12.1. The number of amides is 1. The Morgan fingerprint density at radius 2 is 2.04 bits per heavy atom. The standard InChI is InChI=1S/C19H21NO5/c1-12-8-9-14-15(11-24-18(16(12)14)25-19(22)20-2)17(21)23-10-13-6-4-3-5-7-13/h3-8,11,14,16,18H,9-10H2,1-2H3,(H,20,22)/t14-,16+,18+/m1/s1. The van der Waals surface area contributed by atoms with Gasteiger partial charge in [-0.2, -0.15) is 0 Å². The number of nitrogens with one attached hydrogen (secondary N) is 1. The van der Waals surface area contributed by atoms with Gasteiger partial charge in [-0.05, 0) is 18.9 Å². The third-order valence-corrected chi connectivity index (χ3v) is 4.55. The minimum atomic E-state index is -0.741. The van der Waals surface area contributed by atoms with Crippen LogP contribution in [0.3, 0.4) is 0 Å². The van der Waals surface area contributed by atoms with Crippen molar-refractivity contribution in [2.75, 3.05) is 7.05 Å². The molecule has 1 aromatic carbocycles. The van der Waals surface area contributed by atoms with Crippen molar-refractivity contribution in [2.24, 2.45) is 11.8 Å². The van der Waals surface area contributed by atoms with Gasteiger partial charge in [0, 0.05) is 13.0 Å². The van der Waals surface area contributed by atoms with Gasteiger partial charge >= 0.3 is 12.1 Å². The molecule has 3 atom stereocenters. The van der Waals surface area contributed by atoms with Gasteiger partial charge in [-0.3, -0.25) is 0 Å². The molecule has 6 heteroatoms. The van der Waals surface area contributed by atoms with Crippen LogP contribution in [0, 0.1) is 11.8 Å². The Labute approximate surface area is 146 Å². The van der Waals surface area contributed by atoms with Crippen molar-refractivity contribution in [3.63, 3.8) is 0 Å². The number of allylic oxidation sites excluding steroid dienone is 1. The third kappa shape index (κ3) is 3.68. The van der Waals surface area contributed by atoms with Gasteiger partial charge < -0.3 is 19.5 Å². The molecule has 25 heavy (non-hydrogen) atoms. The second-order valence-corrected chi connectivity index (χ2v) is 6.11. The van der Waals surface area contributed by atoms with Crippen molar-refractivity contribution in [3.05, 3.63) is 59.4 Å². The lowest BCUT2D eigenvalue weighted by Gasteiger charge is -2.33. The molecule has 0 spiro atoms. The zero-order valence-corrected chi connectivity index (χ0v) is 14.2. The summed E-state index contributed by atoms with van der Waals surface area (Å²) < 4.78 is 16.2. The second-order valence-electron chi connectivity index (χ2n) is 6.11. The van der Waals surface area contributed by atoms with Gasteiger partial charge in [-0.1, -0.05) is 42.0 Å². The quantitative estimate of drug-likeness (QED) is 0.672. The maximum Gasteiger partial charge on any atom is 0.409 e. The highest BCUT2D eigenvalue weighted by atomic mass is 16.7. The number of alkyl carbamates (subject to hydrolysis) is 1. The third-order valence-electron chi connectivity index (χ3n) is 4.55. The second kappa shape index (κ2) is 7.42. The van der Waals surface area contributed by atoms with Crippen molar-refractivity contribution >= 4 is 12.1 Å². The number of benzene rings is 1. The van der Waals surface area contributed by atoms with Crippen LogP contribution in [-0.4, -0.2) is 25.4 Å². The molecule has 0 saturated heterocycles. The zero-order chi connectivity index (χ0) is 17.8. The Morgan fingerprint density at radius 3 is 2.76 bits per heavy atom. The SMILES string of the molecule is CNC(=O)O[C@@H]1OC=C(C(=O)OCc2ccccc2)[C@H]2CC=C(C)[C@H]12. The summed E-state index contributed by atoms with van der Waals surface area (Å²) in [5.41, 5.74) is 2.44. The van der Waals surface area contributed by atoms with E-state index in [1.54, 1.807) is 0 Å². The Kier molecular flexibility index (Phi) is 5.07. The molecule has 0 aromatic heterocycles. The van der Waals surface area contributed by atoms with Gasteiger partial charge in [0.25, 0.3) is 6.29 Å². The summed E-state index contributed by atoms with van der Waals surface area (Å²) in [4.78, 5) is 24.0. The largest absolute Gasteiger partial charge is 0.461 e. The average molecular weight is 343 g/mol. The summed E-state index contributed by atoms with van der Waals surface area (Å²) in [6, 6.07) is 9.50. The highest BCUT2D eigenvalue weighted by Crippen LogP contribution is 2.43. The molecule has 0 saturated carbocycles. The molecular formula is C19H21NO5. The molecule has 132 valence electrons. The normalized spacial score (nSPS) is 24.3. The van der Waals surface area contributed by atoms with E-state index in [4.69, 9.17) is 14.2 Å². The van der Waals surface area contributed by atoms with Crippen LogP contribution in [-0.2, 0) is 25.6 Å². The van der Waals surface area contributed by atoms with E-state index in [9.17, 15) is 9.59 Å². The first kappa shape index (κ1) is 17.1. The fourth-order valence-electron chi connectivity index (χ4n) is 3.22. The first-order valence-electron chi connectivity index (χ1n) is 8.21. The van der Waals surface area contributed by atoms with Crippen LogP contribution in [0.2, 0.25) is 0 Å². The van der Waals surface area contributed by atoms with E-state index in [1.165, 1.54) is 13.3 Å². The number of hydrogen-bond acceptors (Lipinski definition) is 5. The zero-order valence-electron chi connectivity index (χ0n) is 14.2. The Hall–Kier alpha value is -2.76. The van der Waals surface area contributed by atoms with Crippen LogP contribution < -0.4 is 5.32 Å². The van der Waals surface area contributed by atoms with Crippen LogP contribution in [0.1, 0.15) is 18.9 Å². The molecule has 3 rings (SSSR count). The lowest BCUT2D eigenvalue weighted by molar-refractivity contribution is -0.145. The highest BCUT2D eigenvalue weighted by Gasteiger charge is 2.44. The summed E-state index contributed by atoms with van der Waals surface area (Å²) >= 11 is 0. The summed E-state index contributed by atoms with van der Waals surface area (Å²) in [5.74, 6) is -0.686. The van der Waals surface area contributed by atoms with Crippen LogP contribution in [0.25, 0.3) is 0 Å². The fraction of sp³-hybridized carbons (Fsp3) is 0.368.